The molecule has 0 spiro atoms. The van der Waals surface area contributed by atoms with Gasteiger partial charge in [-0.1, -0.05) is 23.7 Å². The number of ether oxygens (including phenoxy) is 1. The molecule has 0 saturated heterocycles. The average molecular weight is 382 g/mol. The van der Waals surface area contributed by atoms with E-state index in [1.165, 1.54) is 31.3 Å². The van der Waals surface area contributed by atoms with Gasteiger partial charge in [0.15, 0.2) is 0 Å². The fraction of sp³-hybridized carbons (Fsp3) is 0.278. The first-order valence-electron chi connectivity index (χ1n) is 7.62. The minimum absolute atomic E-state index is 0.0649. The van der Waals surface area contributed by atoms with Crippen molar-refractivity contribution in [2.24, 2.45) is 0 Å². The molecule has 2 rings (SSSR count). The van der Waals surface area contributed by atoms with Crippen LogP contribution in [0.4, 0.5) is 0 Å². The Labute approximate surface area is 153 Å². The van der Waals surface area contributed by atoms with Gasteiger partial charge in [-0.2, -0.15) is 4.31 Å². The van der Waals surface area contributed by atoms with Crippen LogP contribution in [0, 0.1) is 20.8 Å². The van der Waals surface area contributed by atoms with Gasteiger partial charge in [0.25, 0.3) is 0 Å². The normalized spacial score (nSPS) is 11.6. The molecule has 0 heterocycles. The molecule has 0 unspecified atom stereocenters. The van der Waals surface area contributed by atoms with Crippen LogP contribution in [0.1, 0.15) is 16.7 Å². The first-order chi connectivity index (χ1) is 11.6. The Morgan fingerprint density at radius 1 is 1.04 bits per heavy atom. The van der Waals surface area contributed by atoms with Crippen LogP contribution in [-0.4, -0.2) is 32.3 Å². The Morgan fingerprint density at radius 3 is 2.20 bits per heavy atom. The SMILES string of the molecule is Cc1ccc(C)c(OC(=O)CN(C)S(=O)(=O)c2ccc(Cl)cc2)c1C. The third-order valence-electron chi connectivity index (χ3n) is 3.96. The second-order valence-electron chi connectivity index (χ2n) is 5.84. The maximum Gasteiger partial charge on any atom is 0.326 e. The number of hydrogen-bond acceptors (Lipinski definition) is 4. The summed E-state index contributed by atoms with van der Waals surface area (Å²) in [5, 5.41) is 0.436. The molecule has 25 heavy (non-hydrogen) atoms. The van der Waals surface area contributed by atoms with E-state index in [0.717, 1.165) is 21.0 Å². The minimum atomic E-state index is -3.80. The van der Waals surface area contributed by atoms with Crippen molar-refractivity contribution in [3.63, 3.8) is 0 Å². The van der Waals surface area contributed by atoms with Crippen molar-refractivity contribution < 1.29 is 17.9 Å². The van der Waals surface area contributed by atoms with Crippen molar-refractivity contribution >= 4 is 27.6 Å². The van der Waals surface area contributed by atoms with Gasteiger partial charge < -0.3 is 4.74 Å². The number of hydrogen-bond donors (Lipinski definition) is 0. The summed E-state index contributed by atoms with van der Waals surface area (Å²) in [4.78, 5) is 12.3. The molecular weight excluding hydrogens is 362 g/mol. The van der Waals surface area contributed by atoms with Crippen molar-refractivity contribution in [3.05, 3.63) is 58.1 Å². The Morgan fingerprint density at radius 2 is 1.60 bits per heavy atom. The highest BCUT2D eigenvalue weighted by Crippen LogP contribution is 2.26. The number of nitrogens with zero attached hydrogens (tertiary/aromatic N) is 1. The number of aryl methyl sites for hydroxylation is 2. The zero-order valence-corrected chi connectivity index (χ0v) is 16.1. The predicted molar refractivity (Wildman–Crippen MR) is 97.6 cm³/mol. The smallest absolute Gasteiger partial charge is 0.326 e. The summed E-state index contributed by atoms with van der Waals surface area (Å²) in [6.45, 7) is 5.23. The number of rotatable bonds is 5. The largest absolute Gasteiger partial charge is 0.425 e. The van der Waals surface area contributed by atoms with Gasteiger partial charge in [0.05, 0.1) is 4.90 Å². The summed E-state index contributed by atoms with van der Waals surface area (Å²) in [7, 11) is -2.46. The molecule has 0 radical (unpaired) electrons. The number of benzene rings is 2. The zero-order chi connectivity index (χ0) is 18.8. The quantitative estimate of drug-likeness (QED) is 0.587. The monoisotopic (exact) mass is 381 g/mol. The second kappa shape index (κ2) is 7.56. The highest BCUT2D eigenvalue weighted by molar-refractivity contribution is 7.89. The van der Waals surface area contributed by atoms with Crippen LogP contribution >= 0.6 is 11.6 Å². The van der Waals surface area contributed by atoms with E-state index in [4.69, 9.17) is 16.3 Å². The third-order valence-corrected chi connectivity index (χ3v) is 6.03. The van der Waals surface area contributed by atoms with E-state index >= 15 is 0 Å². The standard InChI is InChI=1S/C18H20ClNO4S/c1-12-5-6-13(2)18(14(12)3)24-17(21)11-20(4)25(22,23)16-9-7-15(19)8-10-16/h5-10H,11H2,1-4H3. The van der Waals surface area contributed by atoms with E-state index < -0.39 is 22.5 Å². The summed E-state index contributed by atoms with van der Waals surface area (Å²) >= 11 is 5.78. The van der Waals surface area contributed by atoms with Crippen molar-refractivity contribution in [3.8, 4) is 5.75 Å². The highest BCUT2D eigenvalue weighted by Gasteiger charge is 2.24. The Hall–Kier alpha value is -1.89. The number of carbonyl (C=O) groups excluding carboxylic acids is 1. The molecule has 0 N–H and O–H groups in total. The molecule has 0 fully saturated rings. The maximum absolute atomic E-state index is 12.5. The average Bonchev–Trinajstić information content (AvgIpc) is 2.55. The molecule has 134 valence electrons. The van der Waals surface area contributed by atoms with Crippen molar-refractivity contribution in [1.29, 1.82) is 0 Å². The van der Waals surface area contributed by atoms with E-state index in [9.17, 15) is 13.2 Å². The van der Waals surface area contributed by atoms with Gasteiger partial charge in [-0.3, -0.25) is 4.79 Å². The second-order valence-corrected chi connectivity index (χ2v) is 8.32. The minimum Gasteiger partial charge on any atom is -0.425 e. The maximum atomic E-state index is 12.5. The molecule has 0 bridgehead atoms. The van der Waals surface area contributed by atoms with E-state index in [-0.39, 0.29) is 4.90 Å². The van der Waals surface area contributed by atoms with Gasteiger partial charge in [-0.05, 0) is 61.7 Å². The Kier molecular flexibility index (Phi) is 5.87. The van der Waals surface area contributed by atoms with Crippen LogP contribution < -0.4 is 4.74 Å². The van der Waals surface area contributed by atoms with Crippen LogP contribution in [-0.2, 0) is 14.8 Å². The topological polar surface area (TPSA) is 63.7 Å². The fourth-order valence-corrected chi connectivity index (χ4v) is 3.52. The third kappa shape index (κ3) is 4.39. The zero-order valence-electron chi connectivity index (χ0n) is 14.5. The molecule has 2 aromatic carbocycles. The van der Waals surface area contributed by atoms with Crippen molar-refractivity contribution in [2.75, 3.05) is 13.6 Å². The van der Waals surface area contributed by atoms with Gasteiger partial charge in [-0.15, -0.1) is 0 Å². The van der Waals surface area contributed by atoms with Gasteiger partial charge in [0.2, 0.25) is 10.0 Å². The first-order valence-corrected chi connectivity index (χ1v) is 9.44. The predicted octanol–water partition coefficient (Wildman–Crippen LogP) is 3.49. The molecule has 5 nitrogen and oxygen atoms in total. The van der Waals surface area contributed by atoms with E-state index in [2.05, 4.69) is 0 Å². The summed E-state index contributed by atoms with van der Waals surface area (Å²) in [6.07, 6.45) is 0. The van der Waals surface area contributed by atoms with Gasteiger partial charge in [0.1, 0.15) is 12.3 Å². The highest BCUT2D eigenvalue weighted by atomic mass is 35.5. The molecule has 2 aromatic rings. The number of carbonyl (C=O) groups is 1. The number of esters is 1. The van der Waals surface area contributed by atoms with Crippen LogP contribution in [0.5, 0.6) is 5.75 Å². The lowest BCUT2D eigenvalue weighted by atomic mass is 10.1. The van der Waals surface area contributed by atoms with Crippen LogP contribution in [0.2, 0.25) is 5.02 Å². The van der Waals surface area contributed by atoms with Gasteiger partial charge in [0, 0.05) is 12.1 Å². The Bertz CT molecular complexity index is 892. The van der Waals surface area contributed by atoms with E-state index in [0.29, 0.717) is 10.8 Å². The summed E-state index contributed by atoms with van der Waals surface area (Å²) < 4.78 is 31.4. The van der Waals surface area contributed by atoms with Crippen LogP contribution in [0.15, 0.2) is 41.3 Å². The van der Waals surface area contributed by atoms with Gasteiger partial charge >= 0.3 is 5.97 Å². The molecule has 0 aliphatic heterocycles. The summed E-state index contributed by atoms with van der Waals surface area (Å²) in [5.41, 5.74) is 2.67. The molecular formula is C18H20ClNO4S. The van der Waals surface area contributed by atoms with E-state index in [1.807, 2.05) is 32.9 Å². The number of likely N-dealkylation sites (N-methyl/N-ethyl adjacent to an activating group) is 1. The molecule has 0 saturated carbocycles. The number of halogens is 1. The van der Waals surface area contributed by atoms with E-state index in [1.54, 1.807) is 0 Å². The number of sulfonamides is 1. The van der Waals surface area contributed by atoms with Crippen molar-refractivity contribution in [1.82, 2.24) is 4.31 Å². The summed E-state index contributed by atoms with van der Waals surface area (Å²) in [6, 6.07) is 9.57. The van der Waals surface area contributed by atoms with Gasteiger partial charge in [-0.25, -0.2) is 8.42 Å². The first kappa shape index (κ1) is 19.4. The molecule has 0 atom stereocenters. The lowest BCUT2D eigenvalue weighted by Gasteiger charge is -2.18. The molecule has 0 amide bonds. The molecule has 0 aliphatic carbocycles. The molecule has 0 aliphatic rings. The van der Waals surface area contributed by atoms with Crippen molar-refractivity contribution in [2.45, 2.75) is 25.7 Å². The molecule has 7 heteroatoms. The lowest BCUT2D eigenvalue weighted by Crippen LogP contribution is -2.34. The molecule has 0 aromatic heterocycles. The lowest BCUT2D eigenvalue weighted by molar-refractivity contribution is -0.134. The Balaban J connectivity index is 2.15. The summed E-state index contributed by atoms with van der Waals surface area (Å²) in [5.74, 6) is -0.167. The van der Waals surface area contributed by atoms with Crippen LogP contribution in [0.25, 0.3) is 0 Å². The fourth-order valence-electron chi connectivity index (χ4n) is 2.28. The van der Waals surface area contributed by atoms with Crippen LogP contribution in [0.3, 0.4) is 0 Å².